The number of cyclic esters (lactones) is 2. The molecule has 6 heteroatoms. The summed E-state index contributed by atoms with van der Waals surface area (Å²) in [4.78, 5) is 39.8. The van der Waals surface area contributed by atoms with Crippen molar-refractivity contribution in [2.24, 2.45) is 11.8 Å². The van der Waals surface area contributed by atoms with Gasteiger partial charge in [-0.15, -0.1) is 0 Å². The number of benzene rings is 2. The van der Waals surface area contributed by atoms with Gasteiger partial charge in [-0.05, 0) is 41.5 Å². The molecule has 0 aliphatic carbocycles. The molecule has 3 aliphatic rings. The second kappa shape index (κ2) is 5.61. The molecule has 0 radical (unpaired) electrons. The van der Waals surface area contributed by atoms with E-state index in [1.807, 2.05) is 30.3 Å². The highest BCUT2D eigenvalue weighted by molar-refractivity contribution is 6.07. The van der Waals surface area contributed by atoms with Crippen molar-refractivity contribution in [2.45, 2.75) is 12.1 Å². The van der Waals surface area contributed by atoms with Gasteiger partial charge in [-0.25, -0.2) is 4.39 Å². The van der Waals surface area contributed by atoms with Crippen LogP contribution >= 0.6 is 0 Å². The standard InChI is InChI=1S/C21H14FNO4/c22-13-7-5-12(6-8-13)19(24)18-16-15(20(25)27-21(16)26)17-14-4-2-1-3-11(14)9-10-23(17)18/h1-10,15-18H. The van der Waals surface area contributed by atoms with E-state index in [4.69, 9.17) is 4.74 Å². The number of fused-ring (bicyclic) bond motifs is 5. The minimum atomic E-state index is -0.879. The third-order valence-electron chi connectivity index (χ3n) is 5.59. The maximum absolute atomic E-state index is 13.2. The molecule has 0 bridgehead atoms. The maximum Gasteiger partial charge on any atom is 0.320 e. The first kappa shape index (κ1) is 15.9. The Morgan fingerprint density at radius 3 is 2.44 bits per heavy atom. The highest BCUT2D eigenvalue weighted by Gasteiger charge is 2.63. The molecule has 0 amide bonds. The zero-order chi connectivity index (χ0) is 18.7. The van der Waals surface area contributed by atoms with E-state index in [9.17, 15) is 18.8 Å². The minimum absolute atomic E-state index is 0.292. The van der Waals surface area contributed by atoms with Crippen LogP contribution in [-0.4, -0.2) is 28.7 Å². The molecule has 2 aromatic rings. The lowest BCUT2D eigenvalue weighted by molar-refractivity contribution is -0.155. The molecule has 2 saturated heterocycles. The molecule has 0 aromatic heterocycles. The van der Waals surface area contributed by atoms with Gasteiger partial charge in [-0.2, -0.15) is 0 Å². The average molecular weight is 363 g/mol. The fraction of sp³-hybridized carbons (Fsp3) is 0.190. The molecular weight excluding hydrogens is 349 g/mol. The number of halogens is 1. The van der Waals surface area contributed by atoms with Crippen LogP contribution in [0.3, 0.4) is 0 Å². The third kappa shape index (κ3) is 2.19. The number of hydrogen-bond acceptors (Lipinski definition) is 5. The number of hydrogen-bond donors (Lipinski definition) is 0. The first-order chi connectivity index (χ1) is 13.1. The lowest BCUT2D eigenvalue weighted by Crippen LogP contribution is -2.40. The predicted molar refractivity (Wildman–Crippen MR) is 92.7 cm³/mol. The summed E-state index contributed by atoms with van der Waals surface area (Å²) in [7, 11) is 0. The van der Waals surface area contributed by atoms with Crippen molar-refractivity contribution in [2.75, 3.05) is 0 Å². The van der Waals surface area contributed by atoms with Crippen molar-refractivity contribution in [3.8, 4) is 0 Å². The molecule has 5 nitrogen and oxygen atoms in total. The molecule has 0 saturated carbocycles. The number of ether oxygens (including phenoxy) is 1. The van der Waals surface area contributed by atoms with Crippen LogP contribution in [0.15, 0.2) is 54.7 Å². The summed E-state index contributed by atoms with van der Waals surface area (Å²) in [6.07, 6.45) is 3.63. The summed E-state index contributed by atoms with van der Waals surface area (Å²) in [5.74, 6) is -3.67. The van der Waals surface area contributed by atoms with Gasteiger partial charge in [0.25, 0.3) is 0 Å². The summed E-state index contributed by atoms with van der Waals surface area (Å²) < 4.78 is 18.1. The van der Waals surface area contributed by atoms with E-state index < -0.39 is 41.7 Å². The Morgan fingerprint density at radius 2 is 1.67 bits per heavy atom. The fourth-order valence-corrected chi connectivity index (χ4v) is 4.44. The van der Waals surface area contributed by atoms with Crippen molar-refractivity contribution < 1.29 is 23.5 Å². The van der Waals surface area contributed by atoms with Gasteiger partial charge >= 0.3 is 11.9 Å². The van der Waals surface area contributed by atoms with Crippen LogP contribution in [0.5, 0.6) is 0 Å². The molecule has 2 fully saturated rings. The number of esters is 2. The second-order valence-electron chi connectivity index (χ2n) is 6.94. The summed E-state index contributed by atoms with van der Waals surface area (Å²) in [5.41, 5.74) is 2.12. The smallest absolute Gasteiger partial charge is 0.320 e. The highest BCUT2D eigenvalue weighted by atomic mass is 19.1. The lowest BCUT2D eigenvalue weighted by atomic mass is 9.83. The van der Waals surface area contributed by atoms with E-state index in [1.54, 1.807) is 11.1 Å². The molecule has 3 aliphatic heterocycles. The van der Waals surface area contributed by atoms with Crippen molar-refractivity contribution >= 4 is 23.8 Å². The largest absolute Gasteiger partial charge is 0.393 e. The van der Waals surface area contributed by atoms with E-state index >= 15 is 0 Å². The third-order valence-corrected chi connectivity index (χ3v) is 5.59. The topological polar surface area (TPSA) is 63.7 Å². The van der Waals surface area contributed by atoms with Crippen LogP contribution in [0.1, 0.15) is 27.5 Å². The normalized spacial score (nSPS) is 27.8. The molecule has 0 N–H and O–H groups in total. The fourth-order valence-electron chi connectivity index (χ4n) is 4.44. The van der Waals surface area contributed by atoms with Gasteiger partial charge in [0.05, 0.1) is 12.0 Å². The Labute approximate surface area is 154 Å². The first-order valence-corrected chi connectivity index (χ1v) is 8.66. The van der Waals surface area contributed by atoms with Gasteiger partial charge in [0.15, 0.2) is 5.78 Å². The highest BCUT2D eigenvalue weighted by Crippen LogP contribution is 2.52. The Bertz CT molecular complexity index is 1010. The quantitative estimate of drug-likeness (QED) is 0.466. The van der Waals surface area contributed by atoms with Gasteiger partial charge in [0.2, 0.25) is 0 Å². The average Bonchev–Trinajstić information content (AvgIpc) is 3.17. The Hall–Kier alpha value is -3.28. The van der Waals surface area contributed by atoms with Crippen molar-refractivity contribution in [1.29, 1.82) is 0 Å². The Balaban J connectivity index is 1.64. The molecule has 4 atom stereocenters. The van der Waals surface area contributed by atoms with Crippen molar-refractivity contribution in [1.82, 2.24) is 4.90 Å². The van der Waals surface area contributed by atoms with Crippen LogP contribution < -0.4 is 0 Å². The van der Waals surface area contributed by atoms with Gasteiger partial charge in [0.1, 0.15) is 17.8 Å². The predicted octanol–water partition coefficient (Wildman–Crippen LogP) is 2.73. The molecular formula is C21H14FNO4. The molecule has 134 valence electrons. The van der Waals surface area contributed by atoms with E-state index in [-0.39, 0.29) is 5.78 Å². The zero-order valence-corrected chi connectivity index (χ0v) is 14.0. The number of carbonyl (C=O) groups excluding carboxylic acids is 3. The number of rotatable bonds is 2. The molecule has 5 rings (SSSR count). The van der Waals surface area contributed by atoms with Gasteiger partial charge in [-0.3, -0.25) is 14.4 Å². The van der Waals surface area contributed by atoms with E-state index in [0.717, 1.165) is 11.1 Å². The number of ketones is 1. The van der Waals surface area contributed by atoms with Crippen LogP contribution in [0.4, 0.5) is 4.39 Å². The van der Waals surface area contributed by atoms with Crippen molar-refractivity contribution in [3.05, 3.63) is 77.2 Å². The number of Topliss-reactive ketones (excluding diaryl/α,β-unsaturated/α-hetero) is 1. The molecule has 0 spiro atoms. The Morgan fingerprint density at radius 1 is 0.963 bits per heavy atom. The van der Waals surface area contributed by atoms with Crippen LogP contribution in [0, 0.1) is 17.7 Å². The summed E-state index contributed by atoms with van der Waals surface area (Å²) in [6, 6.07) is 11.5. The number of carbonyl (C=O) groups is 3. The van der Waals surface area contributed by atoms with Gasteiger partial charge < -0.3 is 9.64 Å². The van der Waals surface area contributed by atoms with E-state index in [1.165, 1.54) is 24.3 Å². The summed E-state index contributed by atoms with van der Waals surface area (Å²) in [6.45, 7) is 0. The molecule has 4 unspecified atom stereocenters. The van der Waals surface area contributed by atoms with Gasteiger partial charge in [0, 0.05) is 11.8 Å². The zero-order valence-electron chi connectivity index (χ0n) is 14.0. The van der Waals surface area contributed by atoms with E-state index in [0.29, 0.717) is 5.56 Å². The maximum atomic E-state index is 13.2. The monoisotopic (exact) mass is 363 g/mol. The van der Waals surface area contributed by atoms with E-state index in [2.05, 4.69) is 0 Å². The van der Waals surface area contributed by atoms with Crippen LogP contribution in [0.2, 0.25) is 0 Å². The Kier molecular flexibility index (Phi) is 3.31. The molecule has 27 heavy (non-hydrogen) atoms. The molecule has 2 aromatic carbocycles. The number of nitrogens with zero attached hydrogens (tertiary/aromatic N) is 1. The second-order valence-corrected chi connectivity index (χ2v) is 6.94. The summed E-state index contributed by atoms with van der Waals surface area (Å²) >= 11 is 0. The minimum Gasteiger partial charge on any atom is -0.393 e. The first-order valence-electron chi connectivity index (χ1n) is 8.66. The lowest BCUT2D eigenvalue weighted by Gasteiger charge is -2.34. The summed E-state index contributed by atoms with van der Waals surface area (Å²) in [5, 5.41) is 0. The molecule has 3 heterocycles. The van der Waals surface area contributed by atoms with Crippen LogP contribution in [-0.2, 0) is 14.3 Å². The van der Waals surface area contributed by atoms with Crippen LogP contribution in [0.25, 0.3) is 6.08 Å². The SMILES string of the molecule is O=C1OC(=O)C2C1C(C(=O)c1ccc(F)cc1)N1C=Cc3ccccc3C21. The van der Waals surface area contributed by atoms with Gasteiger partial charge in [-0.1, -0.05) is 24.3 Å². The van der Waals surface area contributed by atoms with Crippen molar-refractivity contribution in [3.63, 3.8) is 0 Å².